The van der Waals surface area contributed by atoms with Crippen molar-refractivity contribution in [3.63, 3.8) is 0 Å². The second-order valence-corrected chi connectivity index (χ2v) is 9.99. The standard InChI is InChI=1S/C26H34N2O5/c1-15-32-14-22(33-15)26(31)12-20-23(21(13-26)27-8-9-28(2)3)25(30)19-11-17-7-5-4-6-16(17)10-18(19)24(20)29/h4-7,15,21-22,27,29-31H,8-14H2,1-3H3/t15?,21-,22?,26-/m0/s1. The normalized spacial score (nSPS) is 28.5. The van der Waals surface area contributed by atoms with Crippen LogP contribution in [0.1, 0.15) is 52.8 Å². The average molecular weight is 455 g/mol. The number of phenols is 2. The lowest BCUT2D eigenvalue weighted by molar-refractivity contribution is -0.121. The van der Waals surface area contributed by atoms with Gasteiger partial charge in [0, 0.05) is 60.6 Å². The third kappa shape index (κ3) is 4.02. The number of hydrogen-bond acceptors (Lipinski definition) is 7. The summed E-state index contributed by atoms with van der Waals surface area (Å²) in [7, 11) is 4.02. The highest BCUT2D eigenvalue weighted by atomic mass is 16.7. The summed E-state index contributed by atoms with van der Waals surface area (Å²) in [6.45, 7) is 3.63. The van der Waals surface area contributed by atoms with Crippen LogP contribution in [0.25, 0.3) is 0 Å². The fourth-order valence-corrected chi connectivity index (χ4v) is 5.65. The van der Waals surface area contributed by atoms with Gasteiger partial charge in [-0.1, -0.05) is 24.3 Å². The first-order valence-corrected chi connectivity index (χ1v) is 11.8. The van der Waals surface area contributed by atoms with Gasteiger partial charge in [0.15, 0.2) is 6.29 Å². The van der Waals surface area contributed by atoms with Crippen LogP contribution in [0.15, 0.2) is 24.3 Å². The molecule has 0 spiro atoms. The number of nitrogens with zero attached hydrogens (tertiary/aromatic N) is 1. The molecule has 2 aromatic rings. The zero-order valence-corrected chi connectivity index (χ0v) is 19.6. The van der Waals surface area contributed by atoms with Crippen LogP contribution in [0.2, 0.25) is 0 Å². The minimum Gasteiger partial charge on any atom is -0.507 e. The van der Waals surface area contributed by atoms with E-state index >= 15 is 0 Å². The molecule has 33 heavy (non-hydrogen) atoms. The Labute approximate surface area is 194 Å². The molecule has 1 aliphatic heterocycles. The SMILES string of the molecule is CC1OCC([C@]2(O)Cc3c(O)c4c(c(O)c3[C@@H](NCCN(C)C)C2)Cc2ccccc2C4)O1. The molecular formula is C26H34N2O5. The molecule has 178 valence electrons. The molecule has 4 N–H and O–H groups in total. The van der Waals surface area contributed by atoms with Gasteiger partial charge in [0.1, 0.15) is 17.6 Å². The summed E-state index contributed by atoms with van der Waals surface area (Å²) in [4.78, 5) is 2.08. The Kier molecular flexibility index (Phi) is 5.87. The molecule has 1 saturated heterocycles. The zero-order chi connectivity index (χ0) is 23.3. The lowest BCUT2D eigenvalue weighted by Gasteiger charge is -2.42. The van der Waals surface area contributed by atoms with Gasteiger partial charge in [-0.15, -0.1) is 0 Å². The van der Waals surface area contributed by atoms with Gasteiger partial charge in [-0.25, -0.2) is 0 Å². The van der Waals surface area contributed by atoms with Gasteiger partial charge in [0.2, 0.25) is 0 Å². The predicted octanol–water partition coefficient (Wildman–Crippen LogP) is 2.22. The summed E-state index contributed by atoms with van der Waals surface area (Å²) in [5, 5.41) is 38.2. The van der Waals surface area contributed by atoms with Crippen molar-refractivity contribution in [1.82, 2.24) is 10.2 Å². The summed E-state index contributed by atoms with van der Waals surface area (Å²) in [5.74, 6) is 0.436. The lowest BCUT2D eigenvalue weighted by Crippen LogP contribution is -2.51. The van der Waals surface area contributed by atoms with Gasteiger partial charge in [-0.2, -0.15) is 0 Å². The van der Waals surface area contributed by atoms with E-state index < -0.39 is 11.7 Å². The van der Waals surface area contributed by atoms with Crippen molar-refractivity contribution in [2.75, 3.05) is 33.8 Å². The second kappa shape index (κ2) is 8.56. The summed E-state index contributed by atoms with van der Waals surface area (Å²) in [6.07, 6.45) is 0.874. The van der Waals surface area contributed by atoms with E-state index in [2.05, 4.69) is 22.3 Å². The number of hydrogen-bond donors (Lipinski definition) is 4. The third-order valence-electron chi connectivity index (χ3n) is 7.43. The molecule has 0 saturated carbocycles. The molecule has 0 bridgehead atoms. The number of phenolic OH excluding ortho intramolecular Hbond substituents is 2. The third-order valence-corrected chi connectivity index (χ3v) is 7.43. The monoisotopic (exact) mass is 454 g/mol. The predicted molar refractivity (Wildman–Crippen MR) is 125 cm³/mol. The molecule has 2 aromatic carbocycles. The Morgan fingerprint density at radius 2 is 1.73 bits per heavy atom. The molecule has 4 atom stereocenters. The van der Waals surface area contributed by atoms with E-state index in [0.717, 1.165) is 23.2 Å². The Hall–Kier alpha value is -2.16. The molecule has 7 nitrogen and oxygen atoms in total. The number of aliphatic hydroxyl groups is 1. The van der Waals surface area contributed by atoms with Crippen molar-refractivity contribution in [3.05, 3.63) is 57.6 Å². The Morgan fingerprint density at radius 3 is 2.33 bits per heavy atom. The number of aromatic hydroxyl groups is 2. The van der Waals surface area contributed by atoms with E-state index in [4.69, 9.17) is 9.47 Å². The van der Waals surface area contributed by atoms with Crippen molar-refractivity contribution >= 4 is 0 Å². The van der Waals surface area contributed by atoms with Crippen molar-refractivity contribution in [3.8, 4) is 11.5 Å². The average Bonchev–Trinajstić information content (AvgIpc) is 3.23. The highest BCUT2D eigenvalue weighted by molar-refractivity contribution is 5.64. The van der Waals surface area contributed by atoms with Gasteiger partial charge in [-0.3, -0.25) is 0 Å². The quantitative estimate of drug-likeness (QED) is 0.439. The largest absolute Gasteiger partial charge is 0.507 e. The van der Waals surface area contributed by atoms with Crippen LogP contribution >= 0.6 is 0 Å². The number of benzene rings is 2. The minimum atomic E-state index is -1.21. The lowest BCUT2D eigenvalue weighted by atomic mass is 9.71. The zero-order valence-electron chi connectivity index (χ0n) is 19.6. The molecule has 0 radical (unpaired) electrons. The number of ether oxygens (including phenoxy) is 2. The van der Waals surface area contributed by atoms with Gasteiger partial charge in [0.25, 0.3) is 0 Å². The fourth-order valence-electron chi connectivity index (χ4n) is 5.65. The van der Waals surface area contributed by atoms with Crippen molar-refractivity contribution in [1.29, 1.82) is 0 Å². The smallest absolute Gasteiger partial charge is 0.155 e. The Morgan fingerprint density at radius 1 is 1.06 bits per heavy atom. The first-order valence-electron chi connectivity index (χ1n) is 11.8. The summed E-state index contributed by atoms with van der Waals surface area (Å²) < 4.78 is 11.5. The topological polar surface area (TPSA) is 94.4 Å². The summed E-state index contributed by atoms with van der Waals surface area (Å²) in [5.41, 5.74) is 4.01. The highest BCUT2D eigenvalue weighted by Crippen LogP contribution is 2.51. The van der Waals surface area contributed by atoms with E-state index in [-0.39, 0.29) is 30.3 Å². The van der Waals surface area contributed by atoms with Crippen LogP contribution in [-0.2, 0) is 28.7 Å². The van der Waals surface area contributed by atoms with E-state index in [1.165, 1.54) is 5.56 Å². The van der Waals surface area contributed by atoms with Crippen LogP contribution in [0, 0.1) is 0 Å². The second-order valence-electron chi connectivity index (χ2n) is 9.99. The molecule has 1 fully saturated rings. The summed E-state index contributed by atoms with van der Waals surface area (Å²) >= 11 is 0. The number of likely N-dealkylation sites (N-methyl/N-ethyl adjacent to an activating group) is 1. The maximum Gasteiger partial charge on any atom is 0.155 e. The van der Waals surface area contributed by atoms with Gasteiger partial charge in [0.05, 0.1) is 12.2 Å². The van der Waals surface area contributed by atoms with Crippen LogP contribution < -0.4 is 5.32 Å². The minimum absolute atomic E-state index is 0.191. The molecule has 3 aliphatic rings. The van der Waals surface area contributed by atoms with Gasteiger partial charge < -0.3 is 35.0 Å². The number of rotatable bonds is 5. The number of fused-ring (bicyclic) bond motifs is 3. The Bertz CT molecular complexity index is 1060. The van der Waals surface area contributed by atoms with E-state index in [1.807, 2.05) is 33.2 Å². The van der Waals surface area contributed by atoms with E-state index in [9.17, 15) is 15.3 Å². The van der Waals surface area contributed by atoms with Gasteiger partial charge >= 0.3 is 0 Å². The first kappa shape index (κ1) is 22.6. The fraction of sp³-hybridized carbons (Fsp3) is 0.538. The molecule has 7 heteroatoms. The molecular weight excluding hydrogens is 420 g/mol. The van der Waals surface area contributed by atoms with Gasteiger partial charge in [-0.05, 0) is 38.6 Å². The molecule has 0 amide bonds. The van der Waals surface area contributed by atoms with Crippen molar-refractivity contribution < 1.29 is 24.8 Å². The molecule has 2 unspecified atom stereocenters. The van der Waals surface area contributed by atoms with Crippen LogP contribution in [-0.4, -0.2) is 72.0 Å². The van der Waals surface area contributed by atoms with E-state index in [1.54, 1.807) is 0 Å². The maximum absolute atomic E-state index is 11.7. The summed E-state index contributed by atoms with van der Waals surface area (Å²) in [6, 6.07) is 7.85. The van der Waals surface area contributed by atoms with Crippen LogP contribution in [0.4, 0.5) is 0 Å². The molecule has 1 heterocycles. The van der Waals surface area contributed by atoms with E-state index in [0.29, 0.717) is 43.5 Å². The van der Waals surface area contributed by atoms with Crippen LogP contribution in [0.5, 0.6) is 11.5 Å². The molecule has 5 rings (SSSR count). The number of nitrogens with one attached hydrogen (secondary N) is 1. The molecule has 2 aliphatic carbocycles. The molecule has 0 aromatic heterocycles. The first-order chi connectivity index (χ1) is 15.8. The Balaban J connectivity index is 1.57. The van der Waals surface area contributed by atoms with Crippen LogP contribution in [0.3, 0.4) is 0 Å². The van der Waals surface area contributed by atoms with Crippen molar-refractivity contribution in [2.45, 2.75) is 56.6 Å². The maximum atomic E-state index is 11.7. The highest BCUT2D eigenvalue weighted by Gasteiger charge is 2.49. The van der Waals surface area contributed by atoms with Crippen molar-refractivity contribution in [2.24, 2.45) is 0 Å².